The lowest BCUT2D eigenvalue weighted by molar-refractivity contribution is -0.146. The van der Waals surface area contributed by atoms with Crippen molar-refractivity contribution in [1.82, 2.24) is 4.90 Å². The van der Waals surface area contributed by atoms with Crippen molar-refractivity contribution in [2.45, 2.75) is 32.4 Å². The van der Waals surface area contributed by atoms with Gasteiger partial charge in [-0.2, -0.15) is 0 Å². The number of piperidine rings is 1. The molecule has 1 saturated heterocycles. The molecule has 5 heteroatoms. The zero-order chi connectivity index (χ0) is 10.1. The molecule has 0 unspecified atom stereocenters. The van der Waals surface area contributed by atoms with Gasteiger partial charge in [0.1, 0.15) is 5.57 Å². The second-order valence-corrected chi connectivity index (χ2v) is 16.5. The molecule has 0 aromatic heterocycles. The van der Waals surface area contributed by atoms with E-state index in [0.717, 1.165) is 6.42 Å². The largest absolute Gasteiger partial charge is 0.285 e. The molecule has 1 aliphatic heterocycles. The molecule has 1 rings (SSSR count). The van der Waals surface area contributed by atoms with E-state index in [1.165, 1.54) is 4.90 Å². The summed E-state index contributed by atoms with van der Waals surface area (Å²) >= 11 is 2.39. The van der Waals surface area contributed by atoms with Gasteiger partial charge in [0.25, 0.3) is 0 Å². The van der Waals surface area contributed by atoms with E-state index >= 15 is 0 Å². The number of halogens is 1. The molecule has 13 heavy (non-hydrogen) atoms. The molecule has 0 aliphatic carbocycles. The summed E-state index contributed by atoms with van der Waals surface area (Å²) in [5, 5.41) is 0. The fourth-order valence-corrected chi connectivity index (χ4v) is 3.48. The molecule has 0 spiro atoms. The molecular formula is C8H14INO2Si. The molecule has 0 atom stereocenters. The van der Waals surface area contributed by atoms with Gasteiger partial charge in [0, 0.05) is 19.0 Å². The maximum atomic E-state index is 11.4. The number of rotatable bonds is 2. The summed E-state index contributed by atoms with van der Waals surface area (Å²) in [6.07, 6.45) is 2.50. The molecule has 1 aliphatic rings. The summed E-state index contributed by atoms with van der Waals surface area (Å²) in [6.45, 7) is 4.31. The first-order valence-electron chi connectivity index (χ1n) is 4.42. The van der Waals surface area contributed by atoms with Gasteiger partial charge < -0.3 is 0 Å². The topological polar surface area (TPSA) is 37.4 Å². The lowest BCUT2D eigenvalue weighted by atomic mass is 10.1. The highest BCUT2D eigenvalue weighted by Crippen LogP contribution is 2.18. The fraction of sp³-hybridized carbons (Fsp3) is 0.750. The summed E-state index contributed by atoms with van der Waals surface area (Å²) in [6, 6.07) is 0. The SMILES string of the molecule is C[Si](C)(I)CN1C(=O)CCCC1=O. The minimum absolute atomic E-state index is 0.0218. The van der Waals surface area contributed by atoms with Gasteiger partial charge in [-0.15, -0.1) is 21.8 Å². The molecule has 0 N–H and O–H groups in total. The maximum Gasteiger partial charge on any atom is 0.228 e. The number of hydrogen-bond acceptors (Lipinski definition) is 2. The van der Waals surface area contributed by atoms with Gasteiger partial charge in [-0.1, -0.05) is 13.1 Å². The summed E-state index contributed by atoms with van der Waals surface area (Å²) in [4.78, 5) is 24.3. The van der Waals surface area contributed by atoms with E-state index < -0.39 is 5.57 Å². The molecule has 0 aromatic carbocycles. The van der Waals surface area contributed by atoms with Gasteiger partial charge in [-0.05, 0) is 6.42 Å². The second kappa shape index (κ2) is 4.08. The van der Waals surface area contributed by atoms with Crippen LogP contribution >= 0.6 is 21.8 Å². The molecule has 0 radical (unpaired) electrons. The van der Waals surface area contributed by atoms with Crippen LogP contribution in [0.4, 0.5) is 0 Å². The Balaban J connectivity index is 2.65. The van der Waals surface area contributed by atoms with Crippen molar-refractivity contribution in [3.63, 3.8) is 0 Å². The van der Waals surface area contributed by atoms with Crippen molar-refractivity contribution in [1.29, 1.82) is 0 Å². The Bertz CT molecular complexity index is 221. The monoisotopic (exact) mass is 311 g/mol. The van der Waals surface area contributed by atoms with Crippen LogP contribution in [0.3, 0.4) is 0 Å². The lowest BCUT2D eigenvalue weighted by Gasteiger charge is -2.29. The predicted molar refractivity (Wildman–Crippen MR) is 62.1 cm³/mol. The van der Waals surface area contributed by atoms with E-state index in [1.807, 2.05) is 0 Å². The molecule has 0 saturated carbocycles. The number of imide groups is 1. The minimum atomic E-state index is -1.37. The highest BCUT2D eigenvalue weighted by Gasteiger charge is 2.31. The number of carbonyl (C=O) groups is 2. The Kier molecular flexibility index (Phi) is 3.50. The van der Waals surface area contributed by atoms with Crippen molar-refractivity contribution in [3.05, 3.63) is 0 Å². The first-order valence-corrected chi connectivity index (χ1v) is 10.7. The Labute approximate surface area is 92.1 Å². The number of hydrogen-bond donors (Lipinski definition) is 0. The second-order valence-electron chi connectivity index (χ2n) is 3.95. The molecule has 0 bridgehead atoms. The first kappa shape index (κ1) is 11.2. The number of carbonyl (C=O) groups excluding carboxylic acids is 2. The van der Waals surface area contributed by atoms with Gasteiger partial charge in [0.05, 0.1) is 0 Å². The summed E-state index contributed by atoms with van der Waals surface area (Å²) < 4.78 is 0. The van der Waals surface area contributed by atoms with Crippen LogP contribution in [-0.2, 0) is 9.59 Å². The Morgan fingerprint density at radius 1 is 1.31 bits per heavy atom. The van der Waals surface area contributed by atoms with Crippen LogP contribution in [0.5, 0.6) is 0 Å². The average molecular weight is 311 g/mol. The molecule has 1 heterocycles. The molecule has 0 aromatic rings. The van der Waals surface area contributed by atoms with Crippen LogP contribution in [0.1, 0.15) is 19.3 Å². The van der Waals surface area contributed by atoms with E-state index in [9.17, 15) is 9.59 Å². The Hall–Kier alpha value is 0.0869. The van der Waals surface area contributed by atoms with Crippen LogP contribution in [0, 0.1) is 0 Å². The molecule has 1 fully saturated rings. The molecular weight excluding hydrogens is 297 g/mol. The van der Waals surface area contributed by atoms with Crippen molar-refractivity contribution in [2.24, 2.45) is 0 Å². The minimum Gasteiger partial charge on any atom is -0.285 e. The molecule has 74 valence electrons. The van der Waals surface area contributed by atoms with E-state index in [-0.39, 0.29) is 11.8 Å². The van der Waals surface area contributed by atoms with Crippen LogP contribution in [-0.4, -0.2) is 28.5 Å². The number of amides is 2. The smallest absolute Gasteiger partial charge is 0.228 e. The highest BCUT2D eigenvalue weighted by molar-refractivity contribution is 14.1. The number of likely N-dealkylation sites (tertiary alicyclic amines) is 1. The van der Waals surface area contributed by atoms with E-state index in [0.29, 0.717) is 19.0 Å². The van der Waals surface area contributed by atoms with Crippen molar-refractivity contribution < 1.29 is 9.59 Å². The van der Waals surface area contributed by atoms with E-state index in [4.69, 9.17) is 0 Å². The van der Waals surface area contributed by atoms with Gasteiger partial charge >= 0.3 is 0 Å². The van der Waals surface area contributed by atoms with Crippen molar-refractivity contribution in [2.75, 3.05) is 6.17 Å². The summed E-state index contributed by atoms with van der Waals surface area (Å²) in [5.41, 5.74) is -1.37. The summed E-state index contributed by atoms with van der Waals surface area (Å²) in [7, 11) is 0. The van der Waals surface area contributed by atoms with Gasteiger partial charge in [-0.25, -0.2) is 0 Å². The van der Waals surface area contributed by atoms with Gasteiger partial charge in [0.15, 0.2) is 0 Å². The zero-order valence-corrected chi connectivity index (χ0v) is 11.1. The summed E-state index contributed by atoms with van der Waals surface area (Å²) in [5.74, 6) is 0.0435. The average Bonchev–Trinajstić information content (AvgIpc) is 1.95. The standard InChI is InChI=1S/C8H14INO2Si/c1-13(2,9)6-10-7(11)4-3-5-8(10)12/h3-6H2,1-2H3. The highest BCUT2D eigenvalue weighted by atomic mass is 127. The van der Waals surface area contributed by atoms with Gasteiger partial charge in [0.2, 0.25) is 11.8 Å². The third-order valence-electron chi connectivity index (χ3n) is 1.92. The normalized spacial score (nSPS) is 19.5. The van der Waals surface area contributed by atoms with Crippen LogP contribution in [0.25, 0.3) is 0 Å². The van der Waals surface area contributed by atoms with E-state index in [1.54, 1.807) is 0 Å². The van der Waals surface area contributed by atoms with E-state index in [2.05, 4.69) is 34.9 Å². The quantitative estimate of drug-likeness (QED) is 0.337. The fourth-order valence-electron chi connectivity index (χ4n) is 1.35. The maximum absolute atomic E-state index is 11.4. The Morgan fingerprint density at radius 2 is 1.77 bits per heavy atom. The first-order chi connectivity index (χ1) is 5.90. The Morgan fingerprint density at radius 3 is 2.15 bits per heavy atom. The zero-order valence-electron chi connectivity index (χ0n) is 7.97. The van der Waals surface area contributed by atoms with Crippen LogP contribution < -0.4 is 0 Å². The molecule has 3 nitrogen and oxygen atoms in total. The molecule has 2 amide bonds. The lowest BCUT2D eigenvalue weighted by Crippen LogP contribution is -2.47. The number of nitrogens with zero attached hydrogens (tertiary/aromatic N) is 1. The van der Waals surface area contributed by atoms with Crippen LogP contribution in [0.2, 0.25) is 13.1 Å². The van der Waals surface area contributed by atoms with Gasteiger partial charge in [-0.3, -0.25) is 14.5 Å². The van der Waals surface area contributed by atoms with Crippen molar-refractivity contribution >= 4 is 39.2 Å². The third kappa shape index (κ3) is 3.38. The van der Waals surface area contributed by atoms with Crippen LogP contribution in [0.15, 0.2) is 0 Å². The third-order valence-corrected chi connectivity index (χ3v) is 4.01. The van der Waals surface area contributed by atoms with Crippen molar-refractivity contribution in [3.8, 4) is 0 Å². The predicted octanol–water partition coefficient (Wildman–Crippen LogP) is 1.70.